The summed E-state index contributed by atoms with van der Waals surface area (Å²) in [7, 11) is 0. The molecule has 0 aliphatic heterocycles. The van der Waals surface area contributed by atoms with Gasteiger partial charge >= 0.3 is 0 Å². The molecule has 2 rings (SSSR count). The fraction of sp³-hybridized carbons (Fsp3) is 0.412. The van der Waals surface area contributed by atoms with Crippen molar-refractivity contribution in [2.24, 2.45) is 5.73 Å². The molecule has 0 fully saturated rings. The zero-order chi connectivity index (χ0) is 16.2. The van der Waals surface area contributed by atoms with E-state index in [1.807, 2.05) is 0 Å². The van der Waals surface area contributed by atoms with Crippen LogP contribution >= 0.6 is 11.3 Å². The quantitative estimate of drug-likeness (QED) is 0.891. The molecule has 0 saturated heterocycles. The molecule has 0 aliphatic rings. The van der Waals surface area contributed by atoms with Crippen molar-refractivity contribution in [3.63, 3.8) is 0 Å². The topological polar surface area (TPSA) is 68.0 Å². The van der Waals surface area contributed by atoms with Crippen molar-refractivity contribution in [1.29, 1.82) is 0 Å². The average molecular weight is 317 g/mol. The molecule has 3 N–H and O–H groups in total. The maximum Gasteiger partial charge on any atom is 0.271 e. The lowest BCUT2D eigenvalue weighted by molar-refractivity contribution is 0.0946. The van der Waals surface area contributed by atoms with E-state index in [9.17, 15) is 4.79 Å². The molecule has 0 aliphatic carbocycles. The van der Waals surface area contributed by atoms with Gasteiger partial charge in [-0.2, -0.15) is 0 Å². The van der Waals surface area contributed by atoms with E-state index in [-0.39, 0.29) is 11.3 Å². The Hall–Kier alpha value is -1.72. The van der Waals surface area contributed by atoms with Crippen LogP contribution in [-0.4, -0.2) is 17.4 Å². The zero-order valence-electron chi connectivity index (χ0n) is 13.3. The predicted molar refractivity (Wildman–Crippen MR) is 91.2 cm³/mol. The van der Waals surface area contributed by atoms with Gasteiger partial charge in [0.1, 0.15) is 5.69 Å². The highest BCUT2D eigenvalue weighted by Gasteiger charge is 2.13. The molecule has 2 aromatic rings. The lowest BCUT2D eigenvalue weighted by Crippen LogP contribution is -2.23. The van der Waals surface area contributed by atoms with E-state index >= 15 is 0 Å². The molecule has 118 valence electrons. The van der Waals surface area contributed by atoms with Crippen molar-refractivity contribution in [3.8, 4) is 0 Å². The molecular formula is C17H23N3OS. The third-order valence-electron chi connectivity index (χ3n) is 3.42. The Bertz CT molecular complexity index is 626. The maximum atomic E-state index is 12.1. The van der Waals surface area contributed by atoms with Gasteiger partial charge in [-0.25, -0.2) is 4.98 Å². The molecular weight excluding hydrogens is 294 g/mol. The first-order chi connectivity index (χ1) is 10.4. The Balaban J connectivity index is 1.93. The molecule has 0 unspecified atom stereocenters. The van der Waals surface area contributed by atoms with E-state index in [0.29, 0.717) is 25.2 Å². The van der Waals surface area contributed by atoms with Crippen molar-refractivity contribution < 1.29 is 4.79 Å². The van der Waals surface area contributed by atoms with E-state index in [1.54, 1.807) is 5.38 Å². The molecule has 0 spiro atoms. The van der Waals surface area contributed by atoms with E-state index in [0.717, 1.165) is 10.6 Å². The monoisotopic (exact) mass is 317 g/mol. The van der Waals surface area contributed by atoms with Gasteiger partial charge in [-0.05, 0) is 23.1 Å². The summed E-state index contributed by atoms with van der Waals surface area (Å²) < 4.78 is 0. The number of rotatable bonds is 5. The number of hydrogen-bond acceptors (Lipinski definition) is 4. The van der Waals surface area contributed by atoms with Crippen LogP contribution < -0.4 is 11.1 Å². The van der Waals surface area contributed by atoms with Crippen LogP contribution in [0.3, 0.4) is 0 Å². The van der Waals surface area contributed by atoms with Gasteiger partial charge in [0.15, 0.2) is 0 Å². The highest BCUT2D eigenvalue weighted by atomic mass is 32.1. The number of thiazole rings is 1. The number of benzene rings is 1. The second kappa shape index (κ2) is 7.03. The number of nitrogens with one attached hydrogen (secondary N) is 1. The number of hydrogen-bond donors (Lipinski definition) is 2. The molecule has 1 aromatic heterocycles. The van der Waals surface area contributed by atoms with Crippen LogP contribution in [0, 0.1) is 0 Å². The van der Waals surface area contributed by atoms with Gasteiger partial charge in [-0.15, -0.1) is 11.3 Å². The predicted octanol–water partition coefficient (Wildman–Crippen LogP) is 2.87. The summed E-state index contributed by atoms with van der Waals surface area (Å²) >= 11 is 1.48. The van der Waals surface area contributed by atoms with Crippen LogP contribution in [0.4, 0.5) is 0 Å². The molecule has 5 heteroatoms. The van der Waals surface area contributed by atoms with E-state index in [2.05, 4.69) is 55.3 Å². The van der Waals surface area contributed by atoms with E-state index < -0.39 is 0 Å². The summed E-state index contributed by atoms with van der Waals surface area (Å²) in [6.45, 7) is 7.61. The Morgan fingerprint density at radius 3 is 2.55 bits per heavy atom. The van der Waals surface area contributed by atoms with Gasteiger partial charge in [0, 0.05) is 18.3 Å². The molecule has 0 radical (unpaired) electrons. The van der Waals surface area contributed by atoms with Crippen molar-refractivity contribution in [2.45, 2.75) is 39.2 Å². The molecule has 22 heavy (non-hydrogen) atoms. The number of amides is 1. The first-order valence-corrected chi connectivity index (χ1v) is 8.30. The Morgan fingerprint density at radius 2 is 1.95 bits per heavy atom. The summed E-state index contributed by atoms with van der Waals surface area (Å²) in [5.41, 5.74) is 8.47. The second-order valence-corrected chi connectivity index (χ2v) is 7.24. The number of carbonyl (C=O) groups is 1. The molecule has 1 amide bonds. The molecule has 4 nitrogen and oxygen atoms in total. The minimum absolute atomic E-state index is 0.139. The number of carbonyl (C=O) groups excluding carboxylic acids is 1. The first-order valence-electron chi connectivity index (χ1n) is 7.42. The molecule has 1 aromatic carbocycles. The van der Waals surface area contributed by atoms with Crippen LogP contribution in [0.15, 0.2) is 29.6 Å². The fourth-order valence-electron chi connectivity index (χ4n) is 2.05. The summed E-state index contributed by atoms with van der Waals surface area (Å²) in [5, 5.41) is 5.59. The lowest BCUT2D eigenvalue weighted by atomic mass is 9.87. The Kier molecular flexibility index (Phi) is 5.32. The molecule has 0 saturated carbocycles. The molecule has 0 atom stereocenters. The summed E-state index contributed by atoms with van der Waals surface area (Å²) in [6, 6.07) is 8.34. The van der Waals surface area contributed by atoms with Gasteiger partial charge in [-0.3, -0.25) is 4.79 Å². The third kappa shape index (κ3) is 4.39. The van der Waals surface area contributed by atoms with Gasteiger partial charge in [0.25, 0.3) is 5.91 Å². The van der Waals surface area contributed by atoms with E-state index in [4.69, 9.17) is 5.73 Å². The van der Waals surface area contributed by atoms with Crippen LogP contribution in [-0.2, 0) is 18.4 Å². The number of nitrogens with two attached hydrogens (primary N) is 1. The Morgan fingerprint density at radius 1 is 1.27 bits per heavy atom. The lowest BCUT2D eigenvalue weighted by Gasteiger charge is -2.19. The van der Waals surface area contributed by atoms with Gasteiger partial charge in [-0.1, -0.05) is 45.0 Å². The highest BCUT2D eigenvalue weighted by Crippen LogP contribution is 2.22. The zero-order valence-corrected chi connectivity index (χ0v) is 14.2. The summed E-state index contributed by atoms with van der Waals surface area (Å²) in [4.78, 5) is 16.3. The minimum Gasteiger partial charge on any atom is -0.347 e. The summed E-state index contributed by atoms with van der Waals surface area (Å²) in [6.07, 6.45) is 0.714. The smallest absolute Gasteiger partial charge is 0.271 e. The van der Waals surface area contributed by atoms with Gasteiger partial charge in [0.05, 0.1) is 5.01 Å². The first kappa shape index (κ1) is 16.6. The average Bonchev–Trinajstić information content (AvgIpc) is 2.93. The highest BCUT2D eigenvalue weighted by molar-refractivity contribution is 7.09. The SMILES string of the molecule is CC(C)(C)c1ccc(CNC(=O)c2csc(CCN)n2)cc1. The fourth-order valence-corrected chi connectivity index (χ4v) is 2.84. The van der Waals surface area contributed by atoms with Crippen LogP contribution in [0.2, 0.25) is 0 Å². The number of aromatic nitrogens is 1. The van der Waals surface area contributed by atoms with Crippen molar-refractivity contribution in [3.05, 3.63) is 51.5 Å². The minimum atomic E-state index is -0.139. The third-order valence-corrected chi connectivity index (χ3v) is 4.32. The largest absolute Gasteiger partial charge is 0.347 e. The molecule has 0 bridgehead atoms. The van der Waals surface area contributed by atoms with Gasteiger partial charge < -0.3 is 11.1 Å². The van der Waals surface area contributed by atoms with Crippen molar-refractivity contribution in [1.82, 2.24) is 10.3 Å². The van der Waals surface area contributed by atoms with E-state index in [1.165, 1.54) is 16.9 Å². The second-order valence-electron chi connectivity index (χ2n) is 6.29. The maximum absolute atomic E-state index is 12.1. The van der Waals surface area contributed by atoms with Crippen LogP contribution in [0.5, 0.6) is 0 Å². The number of nitrogens with zero attached hydrogens (tertiary/aromatic N) is 1. The molecule has 1 heterocycles. The van der Waals surface area contributed by atoms with Crippen LogP contribution in [0.25, 0.3) is 0 Å². The Labute approximate surface area is 135 Å². The summed E-state index contributed by atoms with van der Waals surface area (Å²) in [5.74, 6) is -0.139. The van der Waals surface area contributed by atoms with Crippen molar-refractivity contribution >= 4 is 17.2 Å². The van der Waals surface area contributed by atoms with Gasteiger partial charge in [0.2, 0.25) is 0 Å². The normalized spacial score (nSPS) is 11.5. The standard InChI is InChI=1S/C17H23N3OS/c1-17(2,3)13-6-4-12(5-7-13)10-19-16(21)14-11-22-15(20-14)8-9-18/h4-7,11H,8-10,18H2,1-3H3,(H,19,21). The van der Waals surface area contributed by atoms with Crippen molar-refractivity contribution in [2.75, 3.05) is 6.54 Å². The van der Waals surface area contributed by atoms with Crippen LogP contribution in [0.1, 0.15) is 47.4 Å².